The van der Waals surface area contributed by atoms with Crippen LogP contribution in [0.3, 0.4) is 0 Å². The fraction of sp³-hybridized carbons (Fsp3) is 0.917. The minimum Gasteiger partial charge on any atom is -0.383 e. The molecule has 98 valence electrons. The van der Waals surface area contributed by atoms with Crippen molar-refractivity contribution in [1.29, 1.82) is 0 Å². The van der Waals surface area contributed by atoms with E-state index in [9.17, 15) is 4.79 Å². The van der Waals surface area contributed by atoms with Crippen LogP contribution in [-0.2, 0) is 9.53 Å². The molecule has 0 spiro atoms. The van der Waals surface area contributed by atoms with Gasteiger partial charge in [0, 0.05) is 32.3 Å². The van der Waals surface area contributed by atoms with E-state index >= 15 is 0 Å². The molecule has 2 fully saturated rings. The van der Waals surface area contributed by atoms with Crippen molar-refractivity contribution in [2.45, 2.75) is 25.4 Å². The zero-order valence-corrected chi connectivity index (χ0v) is 10.7. The summed E-state index contributed by atoms with van der Waals surface area (Å²) in [6, 6.07) is 0.701. The molecule has 2 N–H and O–H groups in total. The Morgan fingerprint density at radius 2 is 2.41 bits per heavy atom. The number of nitrogens with zero attached hydrogens (tertiary/aromatic N) is 1. The molecule has 0 bridgehead atoms. The lowest BCUT2D eigenvalue weighted by atomic mass is 10.1. The SMILES string of the molecule is COCC(C)NC(=O)CN1C[C@@H]2CCN[C@@H]2C1. The third-order valence-electron chi connectivity index (χ3n) is 3.63. The predicted molar refractivity (Wildman–Crippen MR) is 65.8 cm³/mol. The van der Waals surface area contributed by atoms with Crippen molar-refractivity contribution in [3.8, 4) is 0 Å². The van der Waals surface area contributed by atoms with Gasteiger partial charge in [-0.2, -0.15) is 0 Å². The molecule has 0 saturated carbocycles. The number of rotatable bonds is 5. The Kier molecular flexibility index (Phi) is 4.36. The normalized spacial score (nSPS) is 30.2. The van der Waals surface area contributed by atoms with E-state index in [0.717, 1.165) is 25.6 Å². The lowest BCUT2D eigenvalue weighted by Crippen LogP contribution is -2.42. The van der Waals surface area contributed by atoms with Gasteiger partial charge in [0.1, 0.15) is 0 Å². The Balaban J connectivity index is 1.69. The smallest absolute Gasteiger partial charge is 0.234 e. The number of hydrogen-bond donors (Lipinski definition) is 2. The highest BCUT2D eigenvalue weighted by atomic mass is 16.5. The van der Waals surface area contributed by atoms with Gasteiger partial charge in [-0.1, -0.05) is 0 Å². The van der Waals surface area contributed by atoms with E-state index in [-0.39, 0.29) is 11.9 Å². The molecule has 2 aliphatic rings. The van der Waals surface area contributed by atoms with Crippen molar-refractivity contribution in [1.82, 2.24) is 15.5 Å². The van der Waals surface area contributed by atoms with Crippen LogP contribution in [0, 0.1) is 5.92 Å². The van der Waals surface area contributed by atoms with Gasteiger partial charge in [-0.05, 0) is 25.8 Å². The number of likely N-dealkylation sites (tertiary alicyclic amines) is 1. The van der Waals surface area contributed by atoms with E-state index < -0.39 is 0 Å². The highest BCUT2D eigenvalue weighted by molar-refractivity contribution is 5.78. The first-order chi connectivity index (χ1) is 8.19. The standard InChI is InChI=1S/C12H23N3O2/c1-9(8-17-2)14-12(16)7-15-5-10-3-4-13-11(10)6-15/h9-11,13H,3-8H2,1-2H3,(H,14,16)/t9?,10-,11+/m0/s1. The Bertz CT molecular complexity index is 260. The first kappa shape index (κ1) is 12.8. The number of nitrogens with one attached hydrogen (secondary N) is 2. The third kappa shape index (κ3) is 3.40. The Hall–Kier alpha value is -0.650. The molecule has 2 aliphatic heterocycles. The van der Waals surface area contributed by atoms with E-state index in [1.54, 1.807) is 7.11 Å². The molecule has 0 aromatic carbocycles. The molecular formula is C12H23N3O2. The summed E-state index contributed by atoms with van der Waals surface area (Å²) < 4.78 is 5.00. The van der Waals surface area contributed by atoms with E-state index in [4.69, 9.17) is 4.74 Å². The first-order valence-electron chi connectivity index (χ1n) is 6.43. The van der Waals surface area contributed by atoms with Crippen LogP contribution in [0.15, 0.2) is 0 Å². The zero-order chi connectivity index (χ0) is 12.3. The Labute approximate surface area is 103 Å². The van der Waals surface area contributed by atoms with Crippen LogP contribution in [0.1, 0.15) is 13.3 Å². The van der Waals surface area contributed by atoms with Gasteiger partial charge in [-0.3, -0.25) is 9.69 Å². The highest BCUT2D eigenvalue weighted by Gasteiger charge is 2.36. The molecule has 0 aromatic rings. The van der Waals surface area contributed by atoms with Gasteiger partial charge < -0.3 is 15.4 Å². The Morgan fingerprint density at radius 3 is 3.12 bits per heavy atom. The molecule has 5 nitrogen and oxygen atoms in total. The second-order valence-electron chi connectivity index (χ2n) is 5.23. The molecule has 17 heavy (non-hydrogen) atoms. The van der Waals surface area contributed by atoms with E-state index in [0.29, 0.717) is 19.2 Å². The van der Waals surface area contributed by atoms with Crippen molar-refractivity contribution in [2.24, 2.45) is 5.92 Å². The maximum Gasteiger partial charge on any atom is 0.234 e. The predicted octanol–water partition coefficient (Wildman–Crippen LogP) is -0.569. The van der Waals surface area contributed by atoms with Gasteiger partial charge in [-0.15, -0.1) is 0 Å². The molecule has 5 heteroatoms. The summed E-state index contributed by atoms with van der Waals surface area (Å²) in [5.41, 5.74) is 0. The van der Waals surface area contributed by atoms with Crippen LogP contribution in [0.2, 0.25) is 0 Å². The van der Waals surface area contributed by atoms with Gasteiger partial charge in [0.2, 0.25) is 5.91 Å². The minimum atomic E-state index is 0.0905. The van der Waals surface area contributed by atoms with E-state index in [2.05, 4.69) is 15.5 Å². The average molecular weight is 241 g/mol. The summed E-state index contributed by atoms with van der Waals surface area (Å²) in [5, 5.41) is 6.44. The molecule has 1 unspecified atom stereocenters. The number of carbonyl (C=O) groups is 1. The fourth-order valence-corrected chi connectivity index (χ4v) is 2.88. The number of ether oxygens (including phenoxy) is 1. The molecule has 0 aromatic heterocycles. The first-order valence-corrected chi connectivity index (χ1v) is 6.43. The van der Waals surface area contributed by atoms with Crippen molar-refractivity contribution < 1.29 is 9.53 Å². The summed E-state index contributed by atoms with van der Waals surface area (Å²) in [5.74, 6) is 0.855. The average Bonchev–Trinajstić information content (AvgIpc) is 2.77. The maximum atomic E-state index is 11.8. The molecule has 2 heterocycles. The molecule has 3 atom stereocenters. The van der Waals surface area contributed by atoms with Crippen molar-refractivity contribution in [2.75, 3.05) is 39.9 Å². The largest absolute Gasteiger partial charge is 0.383 e. The molecule has 1 amide bonds. The van der Waals surface area contributed by atoms with Gasteiger partial charge in [0.05, 0.1) is 13.2 Å². The zero-order valence-electron chi connectivity index (χ0n) is 10.7. The van der Waals surface area contributed by atoms with Gasteiger partial charge in [0.15, 0.2) is 0 Å². The minimum absolute atomic E-state index is 0.0905. The van der Waals surface area contributed by atoms with Crippen LogP contribution >= 0.6 is 0 Å². The molecule has 0 radical (unpaired) electrons. The van der Waals surface area contributed by atoms with Gasteiger partial charge >= 0.3 is 0 Å². The maximum absolute atomic E-state index is 11.8. The van der Waals surface area contributed by atoms with E-state index in [1.165, 1.54) is 6.42 Å². The van der Waals surface area contributed by atoms with Crippen LogP contribution in [-0.4, -0.2) is 62.8 Å². The lowest BCUT2D eigenvalue weighted by Gasteiger charge is -2.18. The number of carbonyl (C=O) groups excluding carboxylic acids is 1. The summed E-state index contributed by atoms with van der Waals surface area (Å²) in [4.78, 5) is 14.0. The number of fused-ring (bicyclic) bond motifs is 1. The van der Waals surface area contributed by atoms with E-state index in [1.807, 2.05) is 6.92 Å². The topological polar surface area (TPSA) is 53.6 Å². The van der Waals surface area contributed by atoms with Crippen LogP contribution in [0.4, 0.5) is 0 Å². The van der Waals surface area contributed by atoms with Crippen molar-refractivity contribution in [3.63, 3.8) is 0 Å². The lowest BCUT2D eigenvalue weighted by molar-refractivity contribution is -0.123. The summed E-state index contributed by atoms with van der Waals surface area (Å²) in [7, 11) is 1.65. The summed E-state index contributed by atoms with van der Waals surface area (Å²) in [6.07, 6.45) is 1.25. The second-order valence-corrected chi connectivity index (χ2v) is 5.23. The molecule has 2 saturated heterocycles. The molecule has 0 aliphatic carbocycles. The van der Waals surface area contributed by atoms with Crippen LogP contribution < -0.4 is 10.6 Å². The van der Waals surface area contributed by atoms with Crippen LogP contribution in [0.5, 0.6) is 0 Å². The summed E-state index contributed by atoms with van der Waals surface area (Å²) in [6.45, 7) is 6.25. The number of hydrogen-bond acceptors (Lipinski definition) is 4. The fourth-order valence-electron chi connectivity index (χ4n) is 2.88. The van der Waals surface area contributed by atoms with Gasteiger partial charge in [0.25, 0.3) is 0 Å². The third-order valence-corrected chi connectivity index (χ3v) is 3.63. The molecule has 2 rings (SSSR count). The van der Waals surface area contributed by atoms with Crippen molar-refractivity contribution >= 4 is 5.91 Å². The quantitative estimate of drug-likeness (QED) is 0.677. The highest BCUT2D eigenvalue weighted by Crippen LogP contribution is 2.23. The monoisotopic (exact) mass is 241 g/mol. The Morgan fingerprint density at radius 1 is 1.59 bits per heavy atom. The van der Waals surface area contributed by atoms with Gasteiger partial charge in [-0.25, -0.2) is 0 Å². The van der Waals surface area contributed by atoms with Crippen molar-refractivity contribution in [3.05, 3.63) is 0 Å². The number of methoxy groups -OCH3 is 1. The van der Waals surface area contributed by atoms with Crippen LogP contribution in [0.25, 0.3) is 0 Å². The second kappa shape index (κ2) is 5.80. The summed E-state index contributed by atoms with van der Waals surface area (Å²) >= 11 is 0. The molecular weight excluding hydrogens is 218 g/mol. The number of amides is 1.